The standard InChI is InChI=1S/C12H24N2OS2/c1-10(9-15-4)13-11(16)14-6-5-12(2,3)17-8-7-14/h10H,5-9H2,1-4H3,(H,13,16). The molecule has 0 saturated carbocycles. The average molecular weight is 276 g/mol. The minimum atomic E-state index is 0.274. The summed E-state index contributed by atoms with van der Waals surface area (Å²) in [7, 11) is 1.71. The normalized spacial score (nSPS) is 21.8. The third-order valence-corrected chi connectivity index (χ3v) is 4.66. The quantitative estimate of drug-likeness (QED) is 0.796. The van der Waals surface area contributed by atoms with Crippen LogP contribution in [0.3, 0.4) is 0 Å². The molecule has 0 amide bonds. The molecule has 1 aliphatic rings. The molecule has 1 N–H and O–H groups in total. The Kier molecular flexibility index (Phi) is 6.03. The molecule has 1 saturated heterocycles. The molecule has 0 aromatic heterocycles. The maximum atomic E-state index is 5.45. The number of nitrogens with one attached hydrogen (secondary N) is 1. The van der Waals surface area contributed by atoms with Crippen LogP contribution in [0.2, 0.25) is 0 Å². The minimum absolute atomic E-state index is 0.274. The molecule has 1 heterocycles. The molecule has 1 fully saturated rings. The monoisotopic (exact) mass is 276 g/mol. The second-order valence-corrected chi connectivity index (χ2v) is 7.34. The number of hydrogen-bond acceptors (Lipinski definition) is 3. The van der Waals surface area contributed by atoms with E-state index in [0.29, 0.717) is 11.4 Å². The molecule has 17 heavy (non-hydrogen) atoms. The lowest BCUT2D eigenvalue weighted by Crippen LogP contribution is -2.46. The van der Waals surface area contributed by atoms with Crippen LogP contribution in [0.15, 0.2) is 0 Å². The smallest absolute Gasteiger partial charge is 0.169 e. The summed E-state index contributed by atoms with van der Waals surface area (Å²) >= 11 is 7.49. The second kappa shape index (κ2) is 6.81. The largest absolute Gasteiger partial charge is 0.383 e. The van der Waals surface area contributed by atoms with Crippen molar-refractivity contribution in [1.29, 1.82) is 0 Å². The molecule has 0 aromatic carbocycles. The molecule has 1 atom stereocenters. The van der Waals surface area contributed by atoms with Crippen LogP contribution < -0.4 is 5.32 Å². The van der Waals surface area contributed by atoms with Crippen LogP contribution in [0.4, 0.5) is 0 Å². The lowest BCUT2D eigenvalue weighted by Gasteiger charge is -2.27. The molecule has 0 radical (unpaired) electrons. The van der Waals surface area contributed by atoms with Gasteiger partial charge in [-0.2, -0.15) is 11.8 Å². The lowest BCUT2D eigenvalue weighted by atomic mass is 10.1. The Labute approximate surface area is 115 Å². The first-order valence-corrected chi connectivity index (χ1v) is 7.52. The zero-order valence-corrected chi connectivity index (χ0v) is 12.9. The summed E-state index contributed by atoms with van der Waals surface area (Å²) in [6.07, 6.45) is 1.18. The predicted octanol–water partition coefficient (Wildman–Crippen LogP) is 2.11. The van der Waals surface area contributed by atoms with E-state index in [9.17, 15) is 0 Å². The molecule has 0 bridgehead atoms. The third kappa shape index (κ3) is 5.44. The Morgan fingerprint density at radius 1 is 1.53 bits per heavy atom. The lowest BCUT2D eigenvalue weighted by molar-refractivity contribution is 0.178. The van der Waals surface area contributed by atoms with Gasteiger partial charge in [0.2, 0.25) is 0 Å². The van der Waals surface area contributed by atoms with E-state index >= 15 is 0 Å². The van der Waals surface area contributed by atoms with Crippen LogP contribution in [-0.2, 0) is 4.74 Å². The van der Waals surface area contributed by atoms with Crippen LogP contribution in [-0.4, -0.2) is 53.4 Å². The van der Waals surface area contributed by atoms with Crippen LogP contribution in [0.1, 0.15) is 27.2 Å². The molecular weight excluding hydrogens is 252 g/mol. The molecule has 1 unspecified atom stereocenters. The van der Waals surface area contributed by atoms with E-state index in [1.165, 1.54) is 6.42 Å². The maximum absolute atomic E-state index is 5.45. The van der Waals surface area contributed by atoms with Gasteiger partial charge in [-0.25, -0.2) is 0 Å². The Balaban J connectivity index is 2.41. The van der Waals surface area contributed by atoms with E-state index in [1.54, 1.807) is 7.11 Å². The topological polar surface area (TPSA) is 24.5 Å². The number of nitrogens with zero attached hydrogens (tertiary/aromatic N) is 1. The summed E-state index contributed by atoms with van der Waals surface area (Å²) in [5, 5.41) is 4.20. The Bertz CT molecular complexity index is 259. The SMILES string of the molecule is COCC(C)NC(=S)N1CCSC(C)(C)CC1. The molecule has 100 valence electrons. The molecule has 0 aliphatic carbocycles. The van der Waals surface area contributed by atoms with Crippen molar-refractivity contribution in [2.24, 2.45) is 0 Å². The third-order valence-electron chi connectivity index (χ3n) is 2.91. The number of ether oxygens (including phenoxy) is 1. The maximum Gasteiger partial charge on any atom is 0.169 e. The number of thiocarbonyl (C=S) groups is 1. The first kappa shape index (κ1) is 15.1. The van der Waals surface area contributed by atoms with Gasteiger partial charge in [-0.1, -0.05) is 13.8 Å². The Morgan fingerprint density at radius 3 is 2.88 bits per heavy atom. The Morgan fingerprint density at radius 2 is 2.24 bits per heavy atom. The zero-order chi connectivity index (χ0) is 12.9. The summed E-state index contributed by atoms with van der Waals surface area (Å²) in [4.78, 5) is 2.28. The number of thioether (sulfide) groups is 1. The fraction of sp³-hybridized carbons (Fsp3) is 0.917. The highest BCUT2D eigenvalue weighted by Crippen LogP contribution is 2.30. The zero-order valence-electron chi connectivity index (χ0n) is 11.3. The van der Waals surface area contributed by atoms with Gasteiger partial charge in [0, 0.05) is 36.7 Å². The highest BCUT2D eigenvalue weighted by atomic mass is 32.2. The van der Waals surface area contributed by atoms with Gasteiger partial charge in [0.25, 0.3) is 0 Å². The number of rotatable bonds is 3. The van der Waals surface area contributed by atoms with Crippen molar-refractivity contribution in [3.63, 3.8) is 0 Å². The molecular formula is C12H24N2OS2. The van der Waals surface area contributed by atoms with Crippen LogP contribution in [0, 0.1) is 0 Å². The van der Waals surface area contributed by atoms with E-state index in [1.807, 2.05) is 11.8 Å². The van der Waals surface area contributed by atoms with Gasteiger partial charge >= 0.3 is 0 Å². The second-order valence-electron chi connectivity index (χ2n) is 5.15. The highest BCUT2D eigenvalue weighted by molar-refractivity contribution is 8.00. The molecule has 1 aliphatic heterocycles. The van der Waals surface area contributed by atoms with Gasteiger partial charge in [-0.15, -0.1) is 0 Å². The molecule has 1 rings (SSSR count). The van der Waals surface area contributed by atoms with Crippen molar-refractivity contribution >= 4 is 29.1 Å². The highest BCUT2D eigenvalue weighted by Gasteiger charge is 2.24. The first-order chi connectivity index (χ1) is 7.94. The molecule has 0 aromatic rings. The average Bonchev–Trinajstić information content (AvgIpc) is 2.39. The molecule has 5 heteroatoms. The van der Waals surface area contributed by atoms with Crippen molar-refractivity contribution in [1.82, 2.24) is 10.2 Å². The Hall–Kier alpha value is 0. The number of hydrogen-bond donors (Lipinski definition) is 1. The van der Waals surface area contributed by atoms with Crippen molar-refractivity contribution in [3.05, 3.63) is 0 Å². The van der Waals surface area contributed by atoms with E-state index in [-0.39, 0.29) is 6.04 Å². The summed E-state index contributed by atoms with van der Waals surface area (Å²) in [5.74, 6) is 1.15. The van der Waals surface area contributed by atoms with Gasteiger partial charge in [0.05, 0.1) is 6.61 Å². The summed E-state index contributed by atoms with van der Waals surface area (Å²) in [6, 6.07) is 0.274. The van der Waals surface area contributed by atoms with Gasteiger partial charge in [0.15, 0.2) is 5.11 Å². The first-order valence-electron chi connectivity index (χ1n) is 6.13. The van der Waals surface area contributed by atoms with Gasteiger partial charge in [-0.05, 0) is 25.6 Å². The summed E-state index contributed by atoms with van der Waals surface area (Å²) in [6.45, 7) is 9.49. The van der Waals surface area contributed by atoms with Crippen molar-refractivity contribution < 1.29 is 4.74 Å². The van der Waals surface area contributed by atoms with Crippen LogP contribution in [0.5, 0.6) is 0 Å². The van der Waals surface area contributed by atoms with E-state index in [0.717, 1.165) is 24.0 Å². The minimum Gasteiger partial charge on any atom is -0.383 e. The van der Waals surface area contributed by atoms with E-state index in [2.05, 4.69) is 31.0 Å². The number of methoxy groups -OCH3 is 1. The van der Waals surface area contributed by atoms with Gasteiger partial charge < -0.3 is 15.0 Å². The van der Waals surface area contributed by atoms with Crippen molar-refractivity contribution in [3.8, 4) is 0 Å². The predicted molar refractivity (Wildman–Crippen MR) is 79.8 cm³/mol. The fourth-order valence-corrected chi connectivity index (χ4v) is 3.30. The fourth-order valence-electron chi connectivity index (χ4n) is 1.82. The van der Waals surface area contributed by atoms with Crippen LogP contribution in [0.25, 0.3) is 0 Å². The van der Waals surface area contributed by atoms with Gasteiger partial charge in [0.1, 0.15) is 0 Å². The summed E-state index contributed by atoms with van der Waals surface area (Å²) in [5.41, 5.74) is 0. The molecule has 3 nitrogen and oxygen atoms in total. The molecule has 0 spiro atoms. The van der Waals surface area contributed by atoms with E-state index in [4.69, 9.17) is 17.0 Å². The summed E-state index contributed by atoms with van der Waals surface area (Å²) < 4.78 is 5.48. The van der Waals surface area contributed by atoms with Crippen molar-refractivity contribution in [2.45, 2.75) is 38.0 Å². The van der Waals surface area contributed by atoms with Crippen molar-refractivity contribution in [2.75, 3.05) is 32.6 Å². The van der Waals surface area contributed by atoms with Crippen LogP contribution >= 0.6 is 24.0 Å². The van der Waals surface area contributed by atoms with E-state index < -0.39 is 0 Å². The van der Waals surface area contributed by atoms with Gasteiger partial charge in [-0.3, -0.25) is 0 Å².